The predicted molar refractivity (Wildman–Crippen MR) is 85.2 cm³/mol. The average Bonchev–Trinajstić information content (AvgIpc) is 3.22. The number of hydrogen-bond acceptors (Lipinski definition) is 7. The highest BCUT2D eigenvalue weighted by atomic mass is 19.4. The van der Waals surface area contributed by atoms with Gasteiger partial charge >= 0.3 is 6.18 Å². The molecule has 25 heavy (non-hydrogen) atoms. The van der Waals surface area contributed by atoms with E-state index in [0.717, 1.165) is 38.8 Å². The van der Waals surface area contributed by atoms with E-state index in [4.69, 9.17) is 9.47 Å². The molecule has 4 N–H and O–H groups in total. The van der Waals surface area contributed by atoms with Crippen LogP contribution in [0.1, 0.15) is 32.6 Å². The molecule has 5 atom stereocenters. The van der Waals surface area contributed by atoms with Gasteiger partial charge in [0.15, 0.2) is 6.35 Å². The van der Waals surface area contributed by atoms with Crippen molar-refractivity contribution in [1.29, 1.82) is 0 Å². The fourth-order valence-corrected chi connectivity index (χ4v) is 3.48. The van der Waals surface area contributed by atoms with Gasteiger partial charge in [-0.3, -0.25) is 26.2 Å². The SMILES string of the molecule is CC1CCC(CNC2NC(OCC(F)(F)F)NC(N3CCCC3)N2)O1. The molecule has 3 aliphatic rings. The highest BCUT2D eigenvalue weighted by Crippen LogP contribution is 2.19. The van der Waals surface area contributed by atoms with E-state index in [1.165, 1.54) is 0 Å². The van der Waals surface area contributed by atoms with Crippen molar-refractivity contribution >= 4 is 0 Å². The Morgan fingerprint density at radius 2 is 1.92 bits per heavy atom. The Labute approximate surface area is 146 Å². The lowest BCUT2D eigenvalue weighted by Gasteiger charge is -2.42. The summed E-state index contributed by atoms with van der Waals surface area (Å²) in [4.78, 5) is 2.17. The summed E-state index contributed by atoms with van der Waals surface area (Å²) in [6.07, 6.45) is -1.22. The first-order chi connectivity index (χ1) is 11.9. The Morgan fingerprint density at radius 3 is 2.56 bits per heavy atom. The molecule has 0 spiro atoms. The van der Waals surface area contributed by atoms with Crippen molar-refractivity contribution in [2.45, 2.75) is 69.9 Å². The van der Waals surface area contributed by atoms with Gasteiger partial charge < -0.3 is 9.47 Å². The smallest absolute Gasteiger partial charge is 0.374 e. The van der Waals surface area contributed by atoms with Gasteiger partial charge in [-0.25, -0.2) is 0 Å². The summed E-state index contributed by atoms with van der Waals surface area (Å²) in [5.41, 5.74) is 0. The minimum Gasteiger partial charge on any atom is -0.374 e. The van der Waals surface area contributed by atoms with E-state index < -0.39 is 19.1 Å². The number of nitrogens with zero attached hydrogens (tertiary/aromatic N) is 1. The molecule has 7 nitrogen and oxygen atoms in total. The maximum Gasteiger partial charge on any atom is 0.411 e. The van der Waals surface area contributed by atoms with E-state index in [1.54, 1.807) is 0 Å². The van der Waals surface area contributed by atoms with Crippen LogP contribution < -0.4 is 21.3 Å². The minimum atomic E-state index is -4.35. The van der Waals surface area contributed by atoms with Gasteiger partial charge in [0, 0.05) is 19.6 Å². The first-order valence-electron chi connectivity index (χ1n) is 8.98. The van der Waals surface area contributed by atoms with Crippen LogP contribution in [0.25, 0.3) is 0 Å². The fraction of sp³-hybridized carbons (Fsp3) is 1.00. The van der Waals surface area contributed by atoms with Gasteiger partial charge in [-0.15, -0.1) is 0 Å². The summed E-state index contributed by atoms with van der Waals surface area (Å²) in [5, 5.41) is 12.6. The standard InChI is InChI=1S/C15H28F3N5O2/c1-10-4-5-11(25-10)8-19-12-20-13(23-6-2-3-7-23)22-14(21-12)24-9-15(16,17)18/h10-14,19-22H,2-9H2,1H3. The average molecular weight is 367 g/mol. The summed E-state index contributed by atoms with van der Waals surface area (Å²) in [5.74, 6) is 0. The molecule has 3 fully saturated rings. The summed E-state index contributed by atoms with van der Waals surface area (Å²) < 4.78 is 48.1. The predicted octanol–water partition coefficient (Wildman–Crippen LogP) is 0.451. The van der Waals surface area contributed by atoms with E-state index in [1.807, 2.05) is 6.92 Å². The topological polar surface area (TPSA) is 69.8 Å². The first kappa shape index (κ1) is 19.3. The first-order valence-corrected chi connectivity index (χ1v) is 8.98. The summed E-state index contributed by atoms with van der Waals surface area (Å²) in [6.45, 7) is 3.21. The van der Waals surface area contributed by atoms with Gasteiger partial charge in [-0.1, -0.05) is 0 Å². The Morgan fingerprint density at radius 1 is 1.16 bits per heavy atom. The molecule has 146 valence electrons. The van der Waals surface area contributed by atoms with Gasteiger partial charge in [0.25, 0.3) is 0 Å². The second-order valence-corrected chi connectivity index (χ2v) is 6.94. The summed E-state index contributed by atoms with van der Waals surface area (Å²) in [7, 11) is 0. The third-order valence-electron chi connectivity index (χ3n) is 4.74. The molecule has 5 unspecified atom stereocenters. The Balaban J connectivity index is 1.52. The quantitative estimate of drug-likeness (QED) is 0.544. The van der Waals surface area contributed by atoms with Crippen LogP contribution in [0.3, 0.4) is 0 Å². The third-order valence-corrected chi connectivity index (χ3v) is 4.74. The number of ether oxygens (including phenoxy) is 2. The highest BCUT2D eigenvalue weighted by Gasteiger charge is 2.35. The number of rotatable bonds is 6. The second-order valence-electron chi connectivity index (χ2n) is 6.94. The maximum atomic E-state index is 12.5. The van der Waals surface area contributed by atoms with Crippen LogP contribution in [0.15, 0.2) is 0 Å². The molecule has 3 heterocycles. The van der Waals surface area contributed by atoms with Crippen molar-refractivity contribution in [3.8, 4) is 0 Å². The Bertz CT molecular complexity index is 422. The molecule has 0 aromatic carbocycles. The van der Waals surface area contributed by atoms with E-state index in [2.05, 4.69) is 26.2 Å². The maximum absolute atomic E-state index is 12.5. The molecule has 3 aliphatic heterocycles. The van der Waals surface area contributed by atoms with E-state index in [0.29, 0.717) is 6.54 Å². The molecular weight excluding hydrogens is 339 g/mol. The molecule has 0 aromatic rings. The van der Waals surface area contributed by atoms with Crippen molar-refractivity contribution in [2.24, 2.45) is 0 Å². The van der Waals surface area contributed by atoms with Crippen LogP contribution in [-0.4, -0.2) is 68.5 Å². The number of hydrogen-bond donors (Lipinski definition) is 4. The van der Waals surface area contributed by atoms with Gasteiger partial charge in [0.05, 0.1) is 12.2 Å². The molecule has 10 heteroatoms. The van der Waals surface area contributed by atoms with Gasteiger partial charge in [-0.2, -0.15) is 13.2 Å². The van der Waals surface area contributed by atoms with Crippen LogP contribution in [0, 0.1) is 0 Å². The highest BCUT2D eigenvalue weighted by molar-refractivity contribution is 4.83. The van der Waals surface area contributed by atoms with Gasteiger partial charge in [0.1, 0.15) is 19.2 Å². The monoisotopic (exact) mass is 367 g/mol. The van der Waals surface area contributed by atoms with Crippen molar-refractivity contribution in [3.63, 3.8) is 0 Å². The lowest BCUT2D eigenvalue weighted by atomic mass is 10.2. The number of likely N-dealkylation sites (tertiary alicyclic amines) is 1. The zero-order chi connectivity index (χ0) is 17.9. The van der Waals surface area contributed by atoms with Crippen LogP contribution in [0.4, 0.5) is 13.2 Å². The second kappa shape index (κ2) is 8.47. The fourth-order valence-electron chi connectivity index (χ4n) is 3.48. The minimum absolute atomic E-state index is 0.133. The van der Waals surface area contributed by atoms with E-state index in [-0.39, 0.29) is 24.8 Å². The molecule has 0 bridgehead atoms. The molecule has 0 aromatic heterocycles. The molecule has 3 saturated heterocycles. The molecular formula is C15H28F3N5O2. The molecule has 0 amide bonds. The zero-order valence-electron chi connectivity index (χ0n) is 14.4. The lowest BCUT2D eigenvalue weighted by molar-refractivity contribution is -0.201. The molecule has 0 aliphatic carbocycles. The zero-order valence-corrected chi connectivity index (χ0v) is 14.4. The van der Waals surface area contributed by atoms with E-state index in [9.17, 15) is 13.2 Å². The summed E-state index contributed by atoms with van der Waals surface area (Å²) in [6, 6.07) is 0. The van der Waals surface area contributed by atoms with Crippen LogP contribution >= 0.6 is 0 Å². The number of halogens is 3. The number of nitrogens with one attached hydrogen (secondary N) is 4. The Hall–Kier alpha value is -0.490. The van der Waals surface area contributed by atoms with Crippen LogP contribution in [0.2, 0.25) is 0 Å². The van der Waals surface area contributed by atoms with Crippen molar-refractivity contribution < 1.29 is 22.6 Å². The molecule has 0 radical (unpaired) electrons. The Kier molecular flexibility index (Phi) is 6.53. The van der Waals surface area contributed by atoms with Crippen molar-refractivity contribution in [1.82, 2.24) is 26.2 Å². The third kappa shape index (κ3) is 6.02. The molecule has 0 saturated carbocycles. The molecule has 3 rings (SSSR count). The van der Waals surface area contributed by atoms with Crippen LogP contribution in [0.5, 0.6) is 0 Å². The number of alkyl halides is 3. The van der Waals surface area contributed by atoms with Crippen LogP contribution in [-0.2, 0) is 9.47 Å². The van der Waals surface area contributed by atoms with Gasteiger partial charge in [0.2, 0.25) is 0 Å². The van der Waals surface area contributed by atoms with E-state index >= 15 is 0 Å². The largest absolute Gasteiger partial charge is 0.411 e. The van der Waals surface area contributed by atoms with Gasteiger partial charge in [-0.05, 0) is 32.6 Å². The lowest BCUT2D eigenvalue weighted by Crippen LogP contribution is -2.75. The van der Waals surface area contributed by atoms with Crippen molar-refractivity contribution in [3.05, 3.63) is 0 Å². The van der Waals surface area contributed by atoms with Crippen molar-refractivity contribution in [2.75, 3.05) is 26.2 Å². The summed E-state index contributed by atoms with van der Waals surface area (Å²) >= 11 is 0. The normalized spacial score (nSPS) is 37.7.